The van der Waals surface area contributed by atoms with E-state index >= 15 is 0 Å². The van der Waals surface area contributed by atoms with Gasteiger partial charge in [-0.05, 0) is 45.9 Å². The number of nitrogens with one attached hydrogen (secondary N) is 1. The van der Waals surface area contributed by atoms with Crippen LogP contribution in [0.4, 0.5) is 4.39 Å². The van der Waals surface area contributed by atoms with E-state index in [1.165, 1.54) is 27.7 Å². The topological polar surface area (TPSA) is 83.5 Å². The van der Waals surface area contributed by atoms with E-state index in [9.17, 15) is 22.7 Å². The molecule has 0 aliphatic heterocycles. The number of carbonyl (C=O) groups is 1. The first-order chi connectivity index (χ1) is 9.31. The van der Waals surface area contributed by atoms with Crippen molar-refractivity contribution < 1.29 is 22.7 Å². The third kappa shape index (κ3) is 3.53. The fourth-order valence-corrected chi connectivity index (χ4v) is 3.52. The smallest absolute Gasteiger partial charge is 0.310 e. The summed E-state index contributed by atoms with van der Waals surface area (Å²) in [6, 6.07) is 2.95. The number of benzene rings is 1. The van der Waals surface area contributed by atoms with Crippen molar-refractivity contribution in [2.45, 2.75) is 38.1 Å². The van der Waals surface area contributed by atoms with Gasteiger partial charge >= 0.3 is 5.97 Å². The molecule has 0 aliphatic carbocycles. The molecule has 1 aromatic rings. The highest BCUT2D eigenvalue weighted by Gasteiger charge is 2.46. The summed E-state index contributed by atoms with van der Waals surface area (Å²) < 4.78 is 40.2. The van der Waals surface area contributed by atoms with Gasteiger partial charge in [-0.3, -0.25) is 4.79 Å². The first-order valence-electron chi connectivity index (χ1n) is 6.04. The maximum atomic E-state index is 13.2. The van der Waals surface area contributed by atoms with Crippen LogP contribution < -0.4 is 4.72 Å². The van der Waals surface area contributed by atoms with Gasteiger partial charge in [-0.15, -0.1) is 0 Å². The lowest BCUT2D eigenvalue weighted by Gasteiger charge is -2.38. The van der Waals surface area contributed by atoms with Crippen LogP contribution in [0.3, 0.4) is 0 Å². The lowest BCUT2D eigenvalue weighted by atomic mass is 9.75. The molecular formula is C13H17ClFNO4S. The number of carboxylic acid groups (broad SMARTS) is 1. The van der Waals surface area contributed by atoms with Crippen LogP contribution in [-0.4, -0.2) is 25.0 Å². The number of halogens is 2. The molecule has 5 nitrogen and oxygen atoms in total. The Balaban J connectivity index is 3.28. The average Bonchev–Trinajstić information content (AvgIpc) is 2.30. The second-order valence-corrected chi connectivity index (χ2v) is 7.79. The number of aliphatic carboxylic acids is 1. The quantitative estimate of drug-likeness (QED) is 0.865. The molecule has 0 radical (unpaired) electrons. The maximum Gasteiger partial charge on any atom is 0.310 e. The summed E-state index contributed by atoms with van der Waals surface area (Å²) >= 11 is 5.78. The largest absolute Gasteiger partial charge is 0.481 e. The van der Waals surface area contributed by atoms with Gasteiger partial charge in [0.25, 0.3) is 0 Å². The lowest BCUT2D eigenvalue weighted by molar-refractivity contribution is -0.150. The van der Waals surface area contributed by atoms with E-state index < -0.39 is 37.7 Å². The van der Waals surface area contributed by atoms with Crippen LogP contribution >= 0.6 is 11.6 Å². The Morgan fingerprint density at radius 2 is 1.81 bits per heavy atom. The second-order valence-electron chi connectivity index (χ2n) is 5.74. The van der Waals surface area contributed by atoms with Crippen molar-refractivity contribution in [3.63, 3.8) is 0 Å². The van der Waals surface area contributed by atoms with Crippen LogP contribution in [0.2, 0.25) is 5.02 Å². The van der Waals surface area contributed by atoms with Crippen molar-refractivity contribution in [2.24, 2.45) is 5.41 Å². The van der Waals surface area contributed by atoms with Gasteiger partial charge in [0.2, 0.25) is 10.0 Å². The normalized spacial score (nSPS) is 13.2. The average molecular weight is 338 g/mol. The fraction of sp³-hybridized carbons (Fsp3) is 0.462. The highest BCUT2D eigenvalue weighted by molar-refractivity contribution is 7.89. The van der Waals surface area contributed by atoms with Crippen molar-refractivity contribution >= 4 is 27.6 Å². The number of hydrogen-bond donors (Lipinski definition) is 2. The Bertz CT molecular complexity index is 671. The minimum Gasteiger partial charge on any atom is -0.481 e. The van der Waals surface area contributed by atoms with E-state index in [-0.39, 0.29) is 5.02 Å². The zero-order valence-corrected chi connectivity index (χ0v) is 13.6. The Morgan fingerprint density at radius 3 is 2.29 bits per heavy atom. The van der Waals surface area contributed by atoms with Crippen LogP contribution in [-0.2, 0) is 14.8 Å². The minimum absolute atomic E-state index is 0.146. The predicted octanol–water partition coefficient (Wildman–Crippen LogP) is 2.65. The van der Waals surface area contributed by atoms with Crippen LogP contribution in [0.1, 0.15) is 27.7 Å². The first kappa shape index (κ1) is 17.9. The Kier molecular flexibility index (Phi) is 4.72. The third-order valence-corrected chi connectivity index (χ3v) is 5.81. The Labute approximate surface area is 128 Å². The molecule has 8 heteroatoms. The molecular weight excluding hydrogens is 321 g/mol. The molecule has 21 heavy (non-hydrogen) atoms. The minimum atomic E-state index is -4.17. The SMILES string of the molecule is CC(C)(NS(=O)(=O)c1cc(F)ccc1Cl)C(C)(C)C(=O)O. The zero-order chi connectivity index (χ0) is 16.6. The summed E-state index contributed by atoms with van der Waals surface area (Å²) in [5.74, 6) is -1.92. The molecule has 2 N–H and O–H groups in total. The summed E-state index contributed by atoms with van der Waals surface area (Å²) in [5, 5.41) is 9.08. The predicted molar refractivity (Wildman–Crippen MR) is 77.2 cm³/mol. The van der Waals surface area contributed by atoms with E-state index in [1.54, 1.807) is 0 Å². The fourth-order valence-electron chi connectivity index (χ4n) is 1.47. The molecule has 1 rings (SSSR count). The summed E-state index contributed by atoms with van der Waals surface area (Å²) in [4.78, 5) is 10.9. The van der Waals surface area contributed by atoms with E-state index in [0.29, 0.717) is 0 Å². The molecule has 0 amide bonds. The van der Waals surface area contributed by atoms with E-state index in [1.807, 2.05) is 0 Å². The molecule has 0 saturated heterocycles. The van der Waals surface area contributed by atoms with Gasteiger partial charge in [0, 0.05) is 5.54 Å². The Hall–Kier alpha value is -1.18. The standard InChI is InChI=1S/C13H17ClFNO4S/c1-12(2,11(17)18)13(3,4)16-21(19,20)10-7-8(15)5-6-9(10)14/h5-7,16H,1-4H3,(H,17,18). The number of hydrogen-bond acceptors (Lipinski definition) is 3. The molecule has 0 unspecified atom stereocenters. The second kappa shape index (κ2) is 5.55. The molecule has 0 aromatic heterocycles. The number of sulfonamides is 1. The van der Waals surface area contributed by atoms with Crippen molar-refractivity contribution in [1.82, 2.24) is 4.72 Å². The molecule has 0 bridgehead atoms. The van der Waals surface area contributed by atoms with E-state index in [0.717, 1.165) is 18.2 Å². The monoisotopic (exact) mass is 337 g/mol. The van der Waals surface area contributed by atoms with Crippen LogP contribution in [0.5, 0.6) is 0 Å². The summed E-state index contributed by atoms with van der Waals surface area (Å²) in [5.41, 5.74) is -2.72. The van der Waals surface area contributed by atoms with Crippen molar-refractivity contribution in [3.05, 3.63) is 29.0 Å². The van der Waals surface area contributed by atoms with Crippen LogP contribution in [0.15, 0.2) is 23.1 Å². The van der Waals surface area contributed by atoms with Gasteiger partial charge < -0.3 is 5.11 Å². The van der Waals surface area contributed by atoms with Crippen LogP contribution in [0.25, 0.3) is 0 Å². The Morgan fingerprint density at radius 1 is 1.29 bits per heavy atom. The molecule has 0 aliphatic rings. The van der Waals surface area contributed by atoms with Gasteiger partial charge in [0.1, 0.15) is 10.7 Å². The number of carboxylic acids is 1. The van der Waals surface area contributed by atoms with E-state index in [4.69, 9.17) is 11.6 Å². The van der Waals surface area contributed by atoms with Crippen molar-refractivity contribution in [2.75, 3.05) is 0 Å². The molecule has 0 atom stereocenters. The molecule has 118 valence electrons. The summed E-state index contributed by atoms with van der Waals surface area (Å²) in [6.07, 6.45) is 0. The highest BCUT2D eigenvalue weighted by atomic mass is 35.5. The molecule has 0 saturated carbocycles. The van der Waals surface area contributed by atoms with Gasteiger partial charge in [-0.25, -0.2) is 17.5 Å². The van der Waals surface area contributed by atoms with Gasteiger partial charge in [-0.2, -0.15) is 0 Å². The first-order valence-corrected chi connectivity index (χ1v) is 7.90. The molecule has 0 spiro atoms. The maximum absolute atomic E-state index is 13.2. The summed E-state index contributed by atoms with van der Waals surface area (Å²) in [6.45, 7) is 5.66. The van der Waals surface area contributed by atoms with Gasteiger partial charge in [-0.1, -0.05) is 11.6 Å². The van der Waals surface area contributed by atoms with Gasteiger partial charge in [0.05, 0.1) is 10.4 Å². The van der Waals surface area contributed by atoms with Crippen molar-refractivity contribution in [1.29, 1.82) is 0 Å². The van der Waals surface area contributed by atoms with Crippen LogP contribution in [0, 0.1) is 11.2 Å². The summed E-state index contributed by atoms with van der Waals surface area (Å²) in [7, 11) is -4.17. The van der Waals surface area contributed by atoms with Crippen molar-refractivity contribution in [3.8, 4) is 0 Å². The van der Waals surface area contributed by atoms with Gasteiger partial charge in [0.15, 0.2) is 0 Å². The zero-order valence-electron chi connectivity index (χ0n) is 12.1. The molecule has 0 fully saturated rings. The van der Waals surface area contributed by atoms with E-state index in [2.05, 4.69) is 4.72 Å². The third-order valence-electron chi connectivity index (χ3n) is 3.67. The molecule has 1 aromatic carbocycles. The highest BCUT2D eigenvalue weighted by Crippen LogP contribution is 2.33. The molecule has 0 heterocycles. The lowest BCUT2D eigenvalue weighted by Crippen LogP contribution is -2.56. The number of rotatable bonds is 5.